The summed E-state index contributed by atoms with van der Waals surface area (Å²) in [5.74, 6) is -0.848. The number of pyridine rings is 1. The smallest absolute Gasteiger partial charge is 0.261 e. The van der Waals surface area contributed by atoms with Gasteiger partial charge in [0, 0.05) is 25.5 Å². The lowest BCUT2D eigenvalue weighted by Crippen LogP contribution is -2.29. The summed E-state index contributed by atoms with van der Waals surface area (Å²) >= 11 is 0. The molecule has 0 spiro atoms. The summed E-state index contributed by atoms with van der Waals surface area (Å²) in [5.41, 5.74) is 2.02. The van der Waals surface area contributed by atoms with Crippen molar-refractivity contribution in [2.45, 2.75) is 6.42 Å². The van der Waals surface area contributed by atoms with Gasteiger partial charge in [-0.2, -0.15) is 0 Å². The molecule has 2 aromatic rings. The zero-order valence-corrected chi connectivity index (χ0v) is 11.1. The van der Waals surface area contributed by atoms with E-state index in [4.69, 9.17) is 0 Å². The summed E-state index contributed by atoms with van der Waals surface area (Å²) in [6.07, 6.45) is 2.23. The molecule has 0 bridgehead atoms. The molecule has 0 radical (unpaired) electrons. The van der Waals surface area contributed by atoms with Gasteiger partial charge in [-0.25, -0.2) is 9.37 Å². The molecule has 5 heteroatoms. The third-order valence-electron chi connectivity index (χ3n) is 3.49. The quantitative estimate of drug-likeness (QED) is 0.912. The number of para-hydroxylation sites is 1. The van der Waals surface area contributed by atoms with E-state index < -0.39 is 5.82 Å². The van der Waals surface area contributed by atoms with E-state index in [0.717, 1.165) is 17.7 Å². The third kappa shape index (κ3) is 1.91. The Kier molecular flexibility index (Phi) is 3.10. The number of halogens is 1. The van der Waals surface area contributed by atoms with Crippen molar-refractivity contribution in [2.24, 2.45) is 0 Å². The molecule has 0 atom stereocenters. The second kappa shape index (κ2) is 4.92. The van der Waals surface area contributed by atoms with Gasteiger partial charge in [-0.3, -0.25) is 4.79 Å². The van der Waals surface area contributed by atoms with Crippen LogP contribution in [0.5, 0.6) is 0 Å². The first-order chi connectivity index (χ1) is 9.72. The first kappa shape index (κ1) is 12.6. The zero-order valence-electron chi connectivity index (χ0n) is 11.1. The van der Waals surface area contributed by atoms with Crippen LogP contribution in [0.15, 0.2) is 36.5 Å². The Morgan fingerprint density at radius 1 is 1.35 bits per heavy atom. The summed E-state index contributed by atoms with van der Waals surface area (Å²) in [7, 11) is 1.57. The Morgan fingerprint density at radius 3 is 2.95 bits per heavy atom. The topological polar surface area (TPSA) is 45.2 Å². The third-order valence-corrected chi connectivity index (χ3v) is 3.49. The number of rotatable bonds is 2. The molecule has 1 aliphatic rings. The van der Waals surface area contributed by atoms with E-state index in [0.29, 0.717) is 6.54 Å². The molecule has 0 saturated heterocycles. The number of hydrogen-bond acceptors (Lipinski definition) is 3. The molecular weight excluding hydrogens is 257 g/mol. The number of anilines is 2. The molecule has 3 rings (SSSR count). The van der Waals surface area contributed by atoms with Crippen molar-refractivity contribution >= 4 is 17.4 Å². The summed E-state index contributed by atoms with van der Waals surface area (Å²) in [6, 6.07) is 9.12. The SMILES string of the molecule is CNc1nccc(C(=O)N2CCc3ccccc32)c1F. The molecule has 1 amide bonds. The number of carbonyl (C=O) groups excluding carboxylic acids is 1. The predicted octanol–water partition coefficient (Wildman–Crippen LogP) is 2.47. The highest BCUT2D eigenvalue weighted by molar-refractivity contribution is 6.07. The van der Waals surface area contributed by atoms with Crippen molar-refractivity contribution in [2.75, 3.05) is 23.8 Å². The fourth-order valence-electron chi connectivity index (χ4n) is 2.48. The standard InChI is InChI=1S/C15H14FN3O/c1-17-14-13(16)11(6-8-18-14)15(20)19-9-7-10-4-2-3-5-12(10)19/h2-6,8H,7,9H2,1H3,(H,17,18). The Labute approximate surface area is 116 Å². The van der Waals surface area contributed by atoms with E-state index in [2.05, 4.69) is 10.3 Å². The van der Waals surface area contributed by atoms with Crippen LogP contribution in [0, 0.1) is 5.82 Å². The van der Waals surface area contributed by atoms with Crippen LogP contribution < -0.4 is 10.2 Å². The highest BCUT2D eigenvalue weighted by Gasteiger charge is 2.27. The van der Waals surface area contributed by atoms with E-state index in [1.807, 2.05) is 24.3 Å². The van der Waals surface area contributed by atoms with Gasteiger partial charge in [0.15, 0.2) is 11.6 Å². The van der Waals surface area contributed by atoms with Crippen LogP contribution in [0.25, 0.3) is 0 Å². The van der Waals surface area contributed by atoms with Crippen molar-refractivity contribution in [1.82, 2.24) is 4.98 Å². The van der Waals surface area contributed by atoms with Crippen molar-refractivity contribution < 1.29 is 9.18 Å². The summed E-state index contributed by atoms with van der Waals surface area (Å²) in [5, 5.41) is 2.64. The molecule has 1 aromatic heterocycles. The number of nitrogens with one attached hydrogen (secondary N) is 1. The maximum absolute atomic E-state index is 14.2. The van der Waals surface area contributed by atoms with Gasteiger partial charge < -0.3 is 10.2 Å². The molecule has 0 aliphatic carbocycles. The van der Waals surface area contributed by atoms with Crippen LogP contribution in [0.1, 0.15) is 15.9 Å². The minimum absolute atomic E-state index is 0.0426. The monoisotopic (exact) mass is 271 g/mol. The summed E-state index contributed by atoms with van der Waals surface area (Å²) < 4.78 is 14.2. The minimum atomic E-state index is -0.607. The molecule has 1 N–H and O–H groups in total. The molecule has 2 heterocycles. The van der Waals surface area contributed by atoms with E-state index >= 15 is 0 Å². The van der Waals surface area contributed by atoms with Crippen LogP contribution >= 0.6 is 0 Å². The Balaban J connectivity index is 1.99. The molecule has 4 nitrogen and oxygen atoms in total. The second-order valence-corrected chi connectivity index (χ2v) is 4.61. The average molecular weight is 271 g/mol. The lowest BCUT2D eigenvalue weighted by molar-refractivity contribution is 0.0985. The number of hydrogen-bond donors (Lipinski definition) is 1. The molecule has 1 aliphatic heterocycles. The van der Waals surface area contributed by atoms with Gasteiger partial charge in [-0.1, -0.05) is 18.2 Å². The molecule has 0 fully saturated rings. The van der Waals surface area contributed by atoms with Crippen molar-refractivity contribution in [3.63, 3.8) is 0 Å². The molecular formula is C15H14FN3O. The first-order valence-corrected chi connectivity index (χ1v) is 6.44. The Morgan fingerprint density at radius 2 is 2.15 bits per heavy atom. The summed E-state index contributed by atoms with van der Waals surface area (Å²) in [4.78, 5) is 18.0. The van der Waals surface area contributed by atoms with Gasteiger partial charge >= 0.3 is 0 Å². The fourth-order valence-corrected chi connectivity index (χ4v) is 2.48. The van der Waals surface area contributed by atoms with E-state index in [-0.39, 0.29) is 17.3 Å². The van der Waals surface area contributed by atoms with Gasteiger partial charge in [0.2, 0.25) is 0 Å². The maximum atomic E-state index is 14.2. The van der Waals surface area contributed by atoms with Crippen LogP contribution in [0.4, 0.5) is 15.9 Å². The fraction of sp³-hybridized carbons (Fsp3) is 0.200. The van der Waals surface area contributed by atoms with Crippen LogP contribution in [0.2, 0.25) is 0 Å². The lowest BCUT2D eigenvalue weighted by Gasteiger charge is -2.18. The first-order valence-electron chi connectivity index (χ1n) is 6.44. The van der Waals surface area contributed by atoms with Crippen LogP contribution in [-0.4, -0.2) is 24.5 Å². The van der Waals surface area contributed by atoms with Gasteiger partial charge in [0.25, 0.3) is 5.91 Å². The maximum Gasteiger partial charge on any atom is 0.261 e. The summed E-state index contributed by atoms with van der Waals surface area (Å²) in [6.45, 7) is 0.578. The minimum Gasteiger partial charge on any atom is -0.371 e. The van der Waals surface area contributed by atoms with Crippen molar-refractivity contribution in [3.8, 4) is 0 Å². The van der Waals surface area contributed by atoms with E-state index in [9.17, 15) is 9.18 Å². The lowest BCUT2D eigenvalue weighted by atomic mass is 10.1. The molecule has 1 aromatic carbocycles. The number of aromatic nitrogens is 1. The Hall–Kier alpha value is -2.43. The molecule has 102 valence electrons. The van der Waals surface area contributed by atoms with Gasteiger partial charge in [0.1, 0.15) is 0 Å². The average Bonchev–Trinajstić information content (AvgIpc) is 2.91. The predicted molar refractivity (Wildman–Crippen MR) is 75.6 cm³/mol. The molecule has 20 heavy (non-hydrogen) atoms. The van der Waals surface area contributed by atoms with Gasteiger partial charge in [-0.05, 0) is 24.1 Å². The highest BCUT2D eigenvalue weighted by Crippen LogP contribution is 2.29. The highest BCUT2D eigenvalue weighted by atomic mass is 19.1. The number of amides is 1. The van der Waals surface area contributed by atoms with Crippen molar-refractivity contribution in [1.29, 1.82) is 0 Å². The molecule has 0 unspecified atom stereocenters. The van der Waals surface area contributed by atoms with E-state index in [1.54, 1.807) is 11.9 Å². The number of fused-ring (bicyclic) bond motifs is 1. The second-order valence-electron chi connectivity index (χ2n) is 4.61. The van der Waals surface area contributed by atoms with Crippen LogP contribution in [-0.2, 0) is 6.42 Å². The van der Waals surface area contributed by atoms with E-state index in [1.165, 1.54) is 12.3 Å². The zero-order chi connectivity index (χ0) is 14.1. The largest absolute Gasteiger partial charge is 0.371 e. The molecule has 0 saturated carbocycles. The normalized spacial score (nSPS) is 13.2. The Bertz CT molecular complexity index is 672. The number of nitrogens with zero attached hydrogens (tertiary/aromatic N) is 2. The van der Waals surface area contributed by atoms with Crippen LogP contribution in [0.3, 0.4) is 0 Å². The van der Waals surface area contributed by atoms with Gasteiger partial charge in [-0.15, -0.1) is 0 Å². The number of carbonyl (C=O) groups is 1. The van der Waals surface area contributed by atoms with Gasteiger partial charge in [0.05, 0.1) is 5.56 Å². The van der Waals surface area contributed by atoms with Crippen molar-refractivity contribution in [3.05, 3.63) is 53.5 Å². The number of benzene rings is 1.